The van der Waals surface area contributed by atoms with Gasteiger partial charge in [0.25, 0.3) is 0 Å². The Bertz CT molecular complexity index is 3020. The van der Waals surface area contributed by atoms with E-state index in [9.17, 15) is 0 Å². The first kappa shape index (κ1) is 26.9. The molecular weight excluding hydrogens is 597 g/mol. The predicted octanol–water partition coefficient (Wildman–Crippen LogP) is 13.4. The van der Waals surface area contributed by atoms with Crippen LogP contribution in [-0.4, -0.2) is 0 Å². The summed E-state index contributed by atoms with van der Waals surface area (Å²) in [5.74, 6) is 0. The average Bonchev–Trinajstić information content (AvgIpc) is 3.77. The lowest BCUT2D eigenvalue weighted by atomic mass is 9.79. The van der Waals surface area contributed by atoms with E-state index in [2.05, 4.69) is 153 Å². The van der Waals surface area contributed by atoms with Crippen molar-refractivity contribution in [3.8, 4) is 33.4 Å². The van der Waals surface area contributed by atoms with Gasteiger partial charge in [0.05, 0.1) is 0 Å². The Morgan fingerprint density at radius 2 is 1.10 bits per heavy atom. The normalized spacial score (nSPS) is 13.7. The van der Waals surface area contributed by atoms with Crippen molar-refractivity contribution < 1.29 is 8.83 Å². The summed E-state index contributed by atoms with van der Waals surface area (Å²) < 4.78 is 13.0. The fourth-order valence-corrected chi connectivity index (χ4v) is 8.74. The highest BCUT2D eigenvalue weighted by atomic mass is 16.3. The van der Waals surface area contributed by atoms with Gasteiger partial charge in [0.15, 0.2) is 0 Å². The molecule has 0 spiro atoms. The third kappa shape index (κ3) is 3.66. The molecule has 2 aromatic heterocycles. The van der Waals surface area contributed by atoms with Gasteiger partial charge in [-0.2, -0.15) is 0 Å². The van der Waals surface area contributed by atoms with Gasteiger partial charge in [0.2, 0.25) is 0 Å². The molecular formula is C47H30O2. The molecule has 1 aliphatic carbocycles. The van der Waals surface area contributed by atoms with Gasteiger partial charge in [-0.25, -0.2) is 0 Å². The van der Waals surface area contributed by atoms with Crippen LogP contribution < -0.4 is 0 Å². The first-order chi connectivity index (χ1) is 24.0. The van der Waals surface area contributed by atoms with Crippen LogP contribution in [-0.2, 0) is 5.41 Å². The third-order valence-corrected chi connectivity index (χ3v) is 11.0. The van der Waals surface area contributed by atoms with E-state index < -0.39 is 0 Å². The Hall–Kier alpha value is -6.12. The van der Waals surface area contributed by atoms with E-state index >= 15 is 0 Å². The molecule has 230 valence electrons. The fraction of sp³-hybridized carbons (Fsp3) is 0.0638. The Morgan fingerprint density at radius 1 is 0.408 bits per heavy atom. The molecule has 0 fully saturated rings. The van der Waals surface area contributed by atoms with Crippen molar-refractivity contribution >= 4 is 65.4 Å². The zero-order valence-electron chi connectivity index (χ0n) is 27.2. The average molecular weight is 627 g/mol. The molecule has 0 amide bonds. The number of para-hydroxylation sites is 1. The van der Waals surface area contributed by atoms with Gasteiger partial charge in [-0.1, -0.05) is 111 Å². The number of rotatable bonds is 2. The molecule has 2 heterocycles. The molecule has 11 rings (SSSR count). The fourth-order valence-electron chi connectivity index (χ4n) is 8.74. The van der Waals surface area contributed by atoms with Crippen molar-refractivity contribution in [2.45, 2.75) is 19.3 Å². The van der Waals surface area contributed by atoms with Crippen LogP contribution in [0.3, 0.4) is 0 Å². The lowest BCUT2D eigenvalue weighted by molar-refractivity contribution is 0.666. The number of benzene rings is 8. The lowest BCUT2D eigenvalue weighted by Crippen LogP contribution is -2.15. The van der Waals surface area contributed by atoms with Gasteiger partial charge < -0.3 is 8.83 Å². The lowest BCUT2D eigenvalue weighted by Gasteiger charge is -2.24. The summed E-state index contributed by atoms with van der Waals surface area (Å²) in [4.78, 5) is 0. The number of fused-ring (bicyclic) bond motifs is 12. The van der Waals surface area contributed by atoms with E-state index in [1.807, 2.05) is 6.07 Å². The van der Waals surface area contributed by atoms with E-state index in [4.69, 9.17) is 8.83 Å². The highest BCUT2D eigenvalue weighted by Crippen LogP contribution is 2.56. The summed E-state index contributed by atoms with van der Waals surface area (Å²) in [6.45, 7) is 4.78. The Morgan fingerprint density at radius 3 is 1.98 bits per heavy atom. The quantitative estimate of drug-likeness (QED) is 0.191. The predicted molar refractivity (Wildman–Crippen MR) is 204 cm³/mol. The van der Waals surface area contributed by atoms with E-state index in [0.717, 1.165) is 49.4 Å². The van der Waals surface area contributed by atoms with E-state index in [-0.39, 0.29) is 5.41 Å². The van der Waals surface area contributed by atoms with Gasteiger partial charge in [0, 0.05) is 27.0 Å². The second-order valence-corrected chi connectivity index (χ2v) is 14.1. The van der Waals surface area contributed by atoms with Crippen molar-refractivity contribution in [1.82, 2.24) is 0 Å². The maximum absolute atomic E-state index is 6.53. The van der Waals surface area contributed by atoms with Crippen LogP contribution in [0.2, 0.25) is 0 Å². The minimum absolute atomic E-state index is 0.220. The molecule has 0 saturated carbocycles. The maximum Gasteiger partial charge on any atom is 0.136 e. The highest BCUT2D eigenvalue weighted by Gasteiger charge is 2.39. The van der Waals surface area contributed by atoms with Crippen LogP contribution in [0.15, 0.2) is 154 Å². The standard InChI is InChI=1S/C47H30O2/c1-47(2)39-24-31(32-15-9-17-41-45(32)38-22-28-11-3-4-12-29(28)25-43(38)49-41)23-37(44(39)36-21-18-27-10-5-6-13-33(27)46(36)47)30-19-20-35-34-14-7-8-16-40(34)48-42(35)26-30/h3-26H,1-2H3. The minimum Gasteiger partial charge on any atom is -0.456 e. The SMILES string of the molecule is CC1(C)c2cc(-c3cccc4oc5cc6ccccc6cc5c34)cc(-c3ccc4c(c3)oc3ccccc34)c2-c2ccc3ccccc3c21. The Labute approximate surface area is 282 Å². The molecule has 0 saturated heterocycles. The van der Waals surface area contributed by atoms with Gasteiger partial charge in [-0.3, -0.25) is 0 Å². The van der Waals surface area contributed by atoms with Crippen molar-refractivity contribution in [2.24, 2.45) is 0 Å². The van der Waals surface area contributed by atoms with Gasteiger partial charge >= 0.3 is 0 Å². The summed E-state index contributed by atoms with van der Waals surface area (Å²) in [6.07, 6.45) is 0. The minimum atomic E-state index is -0.220. The molecule has 49 heavy (non-hydrogen) atoms. The van der Waals surface area contributed by atoms with Crippen LogP contribution in [0.25, 0.3) is 98.8 Å². The maximum atomic E-state index is 6.53. The van der Waals surface area contributed by atoms with E-state index in [0.29, 0.717) is 0 Å². The zero-order chi connectivity index (χ0) is 32.4. The smallest absolute Gasteiger partial charge is 0.136 e. The van der Waals surface area contributed by atoms with Gasteiger partial charge in [-0.15, -0.1) is 0 Å². The first-order valence-electron chi connectivity index (χ1n) is 17.0. The monoisotopic (exact) mass is 626 g/mol. The summed E-state index contributed by atoms with van der Waals surface area (Å²) in [6, 6.07) is 52.8. The van der Waals surface area contributed by atoms with Crippen LogP contribution in [0.5, 0.6) is 0 Å². The summed E-state index contributed by atoms with van der Waals surface area (Å²) in [5.41, 5.74) is 13.5. The van der Waals surface area contributed by atoms with Crippen molar-refractivity contribution in [1.29, 1.82) is 0 Å². The second-order valence-electron chi connectivity index (χ2n) is 14.1. The Balaban J connectivity index is 1.24. The molecule has 2 nitrogen and oxygen atoms in total. The van der Waals surface area contributed by atoms with Gasteiger partial charge in [0.1, 0.15) is 22.3 Å². The van der Waals surface area contributed by atoms with Crippen LogP contribution in [0.4, 0.5) is 0 Å². The van der Waals surface area contributed by atoms with Crippen molar-refractivity contribution in [3.05, 3.63) is 157 Å². The Kier molecular flexibility index (Phi) is 5.21. The number of hydrogen-bond donors (Lipinski definition) is 0. The number of hydrogen-bond acceptors (Lipinski definition) is 2. The zero-order valence-corrected chi connectivity index (χ0v) is 27.2. The molecule has 1 aliphatic rings. The van der Waals surface area contributed by atoms with Gasteiger partial charge in [-0.05, 0) is 115 Å². The molecule has 0 bridgehead atoms. The molecule has 0 aliphatic heterocycles. The topological polar surface area (TPSA) is 26.3 Å². The molecule has 2 heteroatoms. The van der Waals surface area contributed by atoms with E-state index in [1.165, 1.54) is 60.5 Å². The third-order valence-electron chi connectivity index (χ3n) is 11.0. The van der Waals surface area contributed by atoms with E-state index in [1.54, 1.807) is 0 Å². The second kappa shape index (κ2) is 9.49. The summed E-state index contributed by atoms with van der Waals surface area (Å²) >= 11 is 0. The molecule has 8 aromatic carbocycles. The molecule has 0 atom stereocenters. The van der Waals surface area contributed by atoms with Crippen LogP contribution >= 0.6 is 0 Å². The largest absolute Gasteiger partial charge is 0.456 e. The van der Waals surface area contributed by atoms with Crippen molar-refractivity contribution in [3.63, 3.8) is 0 Å². The summed E-state index contributed by atoms with van der Waals surface area (Å²) in [5, 5.41) is 9.57. The molecule has 0 radical (unpaired) electrons. The first-order valence-corrected chi connectivity index (χ1v) is 17.0. The molecule has 0 unspecified atom stereocenters. The molecule has 10 aromatic rings. The number of furan rings is 2. The molecule has 0 N–H and O–H groups in total. The summed E-state index contributed by atoms with van der Waals surface area (Å²) in [7, 11) is 0. The highest BCUT2D eigenvalue weighted by molar-refractivity contribution is 6.16. The van der Waals surface area contributed by atoms with Crippen LogP contribution in [0.1, 0.15) is 25.0 Å². The van der Waals surface area contributed by atoms with Crippen molar-refractivity contribution in [2.75, 3.05) is 0 Å². The van der Waals surface area contributed by atoms with Crippen LogP contribution in [0, 0.1) is 0 Å².